The van der Waals surface area contributed by atoms with Crippen LogP contribution in [-0.2, 0) is 10.9 Å². The van der Waals surface area contributed by atoms with Crippen molar-refractivity contribution in [2.24, 2.45) is 5.84 Å². The Morgan fingerprint density at radius 3 is 2.71 bits per heavy atom. The third-order valence-electron chi connectivity index (χ3n) is 3.50. The molecule has 0 radical (unpaired) electrons. The Labute approximate surface area is 119 Å². The molecule has 1 aliphatic rings. The Kier molecular flexibility index (Phi) is 4.38. The molecule has 0 bridgehead atoms. The average molecular weight is 303 g/mol. The summed E-state index contributed by atoms with van der Waals surface area (Å²) in [7, 11) is 1.56. The third-order valence-corrected chi connectivity index (χ3v) is 3.50. The Hall–Kier alpha value is -1.80. The maximum atomic E-state index is 12.9. The summed E-state index contributed by atoms with van der Waals surface area (Å²) in [4.78, 5) is 13.7. The molecule has 8 heteroatoms. The number of likely N-dealkylation sites (N-methyl/N-ethyl adjacent to an activating group) is 1. The van der Waals surface area contributed by atoms with E-state index in [1.165, 1.54) is 11.0 Å². The summed E-state index contributed by atoms with van der Waals surface area (Å²) in [5.41, 5.74) is 0.718. The van der Waals surface area contributed by atoms with Crippen LogP contribution in [0.4, 0.5) is 18.9 Å². The van der Waals surface area contributed by atoms with Crippen LogP contribution in [0.5, 0.6) is 0 Å². The molecule has 1 aromatic rings. The maximum absolute atomic E-state index is 12.9. The molecule has 0 aliphatic carbocycles. The van der Waals surface area contributed by atoms with Gasteiger partial charge in [0.1, 0.15) is 0 Å². The predicted molar refractivity (Wildman–Crippen MR) is 70.6 cm³/mol. The van der Waals surface area contributed by atoms with Gasteiger partial charge in [0.15, 0.2) is 0 Å². The van der Waals surface area contributed by atoms with Gasteiger partial charge in [0, 0.05) is 19.2 Å². The van der Waals surface area contributed by atoms with E-state index < -0.39 is 17.6 Å². The van der Waals surface area contributed by atoms with Crippen LogP contribution in [0.25, 0.3) is 0 Å². The summed E-state index contributed by atoms with van der Waals surface area (Å²) >= 11 is 0. The van der Waals surface area contributed by atoms with Crippen LogP contribution in [-0.4, -0.2) is 37.1 Å². The van der Waals surface area contributed by atoms with Gasteiger partial charge in [-0.3, -0.25) is 10.6 Å². The molecule has 1 atom stereocenters. The highest BCUT2D eigenvalue weighted by atomic mass is 19.4. The van der Waals surface area contributed by atoms with Gasteiger partial charge < -0.3 is 15.1 Å². The number of amides is 1. The van der Waals surface area contributed by atoms with E-state index in [0.29, 0.717) is 19.6 Å². The van der Waals surface area contributed by atoms with E-state index in [0.717, 1.165) is 12.1 Å². The Morgan fingerprint density at radius 2 is 2.19 bits per heavy atom. The maximum Gasteiger partial charge on any atom is 0.418 e. The number of halogens is 3. The van der Waals surface area contributed by atoms with Gasteiger partial charge in [-0.1, -0.05) is 0 Å². The second-order valence-electron chi connectivity index (χ2n) is 4.84. The van der Waals surface area contributed by atoms with Gasteiger partial charge in [0.25, 0.3) is 5.91 Å². The van der Waals surface area contributed by atoms with Crippen molar-refractivity contribution in [1.29, 1.82) is 0 Å². The zero-order valence-corrected chi connectivity index (χ0v) is 11.4. The van der Waals surface area contributed by atoms with Crippen molar-refractivity contribution in [3.8, 4) is 0 Å². The molecule has 0 saturated carbocycles. The molecule has 1 heterocycles. The number of nitrogen functional groups attached to an aromatic ring is 1. The lowest BCUT2D eigenvalue weighted by Gasteiger charge is -2.24. The summed E-state index contributed by atoms with van der Waals surface area (Å²) in [6, 6.07) is 3.16. The lowest BCUT2D eigenvalue weighted by molar-refractivity contribution is -0.137. The van der Waals surface area contributed by atoms with Crippen LogP contribution in [0.2, 0.25) is 0 Å². The van der Waals surface area contributed by atoms with Crippen LogP contribution in [0, 0.1) is 0 Å². The summed E-state index contributed by atoms with van der Waals surface area (Å²) in [5.74, 6) is 4.60. The van der Waals surface area contributed by atoms with Crippen molar-refractivity contribution in [3.63, 3.8) is 0 Å². The molecule has 1 aromatic carbocycles. The van der Waals surface area contributed by atoms with E-state index in [-0.39, 0.29) is 17.3 Å². The van der Waals surface area contributed by atoms with Crippen molar-refractivity contribution in [2.75, 3.05) is 25.7 Å². The number of anilines is 1. The number of hydrazine groups is 1. The molecular formula is C13H16F3N3O2. The van der Waals surface area contributed by atoms with Crippen LogP contribution in [0.15, 0.2) is 18.2 Å². The molecule has 2 rings (SSSR count). The van der Waals surface area contributed by atoms with Crippen molar-refractivity contribution in [3.05, 3.63) is 29.3 Å². The van der Waals surface area contributed by atoms with Gasteiger partial charge in [0.2, 0.25) is 0 Å². The Morgan fingerprint density at radius 1 is 1.48 bits per heavy atom. The quantitative estimate of drug-likeness (QED) is 0.660. The Bertz CT molecular complexity index is 528. The van der Waals surface area contributed by atoms with Crippen molar-refractivity contribution in [2.45, 2.75) is 18.6 Å². The zero-order chi connectivity index (χ0) is 15.6. The fourth-order valence-electron chi connectivity index (χ4n) is 2.23. The number of benzene rings is 1. The first-order valence-electron chi connectivity index (χ1n) is 6.37. The molecule has 1 saturated heterocycles. The van der Waals surface area contributed by atoms with E-state index >= 15 is 0 Å². The summed E-state index contributed by atoms with van der Waals surface area (Å²) < 4.78 is 44.0. The number of nitrogens with two attached hydrogens (primary N) is 1. The fraction of sp³-hybridized carbons (Fsp3) is 0.462. The second-order valence-corrected chi connectivity index (χ2v) is 4.84. The molecule has 0 spiro atoms. The minimum absolute atomic E-state index is 0.0317. The van der Waals surface area contributed by atoms with Crippen LogP contribution < -0.4 is 11.3 Å². The number of carbonyl (C=O) groups is 1. The molecule has 1 fully saturated rings. The molecular weight excluding hydrogens is 287 g/mol. The molecule has 3 N–H and O–H groups in total. The fourth-order valence-corrected chi connectivity index (χ4v) is 2.23. The van der Waals surface area contributed by atoms with Gasteiger partial charge in [-0.2, -0.15) is 13.2 Å². The first-order chi connectivity index (χ1) is 9.84. The minimum Gasteiger partial charge on any atom is -0.379 e. The van der Waals surface area contributed by atoms with E-state index in [9.17, 15) is 18.0 Å². The van der Waals surface area contributed by atoms with Gasteiger partial charge in [0.05, 0.1) is 23.9 Å². The van der Waals surface area contributed by atoms with Crippen molar-refractivity contribution < 1.29 is 22.7 Å². The number of carbonyl (C=O) groups excluding carboxylic acids is 1. The van der Waals surface area contributed by atoms with Gasteiger partial charge in [-0.15, -0.1) is 0 Å². The molecule has 1 amide bonds. The zero-order valence-electron chi connectivity index (χ0n) is 11.4. The first-order valence-corrected chi connectivity index (χ1v) is 6.37. The van der Waals surface area contributed by atoms with E-state index in [1.54, 1.807) is 7.05 Å². The average Bonchev–Trinajstić information content (AvgIpc) is 2.98. The summed E-state index contributed by atoms with van der Waals surface area (Å²) in [5, 5.41) is 0. The molecule has 21 heavy (non-hydrogen) atoms. The third kappa shape index (κ3) is 3.27. The first kappa shape index (κ1) is 15.6. The molecule has 0 aromatic heterocycles. The summed E-state index contributed by atoms with van der Waals surface area (Å²) in [6.07, 6.45) is -3.91. The van der Waals surface area contributed by atoms with Crippen LogP contribution in [0.1, 0.15) is 22.3 Å². The van der Waals surface area contributed by atoms with E-state index in [1.807, 2.05) is 5.43 Å². The lowest BCUT2D eigenvalue weighted by Crippen LogP contribution is -2.37. The topological polar surface area (TPSA) is 67.6 Å². The largest absolute Gasteiger partial charge is 0.418 e. The number of alkyl halides is 3. The van der Waals surface area contributed by atoms with Crippen LogP contribution in [0.3, 0.4) is 0 Å². The van der Waals surface area contributed by atoms with Crippen molar-refractivity contribution >= 4 is 11.6 Å². The number of hydrogen-bond acceptors (Lipinski definition) is 4. The molecule has 1 unspecified atom stereocenters. The van der Waals surface area contributed by atoms with Gasteiger partial charge in [-0.05, 0) is 24.6 Å². The molecule has 5 nitrogen and oxygen atoms in total. The highest BCUT2D eigenvalue weighted by Crippen LogP contribution is 2.35. The highest BCUT2D eigenvalue weighted by Gasteiger charge is 2.35. The van der Waals surface area contributed by atoms with Gasteiger partial charge >= 0.3 is 6.18 Å². The highest BCUT2D eigenvalue weighted by molar-refractivity contribution is 5.95. The second kappa shape index (κ2) is 5.90. The number of hydrogen-bond donors (Lipinski definition) is 2. The smallest absolute Gasteiger partial charge is 0.379 e. The van der Waals surface area contributed by atoms with Crippen LogP contribution >= 0.6 is 0 Å². The van der Waals surface area contributed by atoms with Crippen molar-refractivity contribution in [1.82, 2.24) is 4.90 Å². The minimum atomic E-state index is -4.59. The normalized spacial score (nSPS) is 18.6. The standard InChI is InChI=1S/C13H16F3N3O2/c1-19(9-4-5-21-7-9)12(20)8-2-3-11(18-17)10(6-8)13(14,15)16/h2-3,6,9,18H,4-5,7,17H2,1H3. The number of rotatable bonds is 3. The monoisotopic (exact) mass is 303 g/mol. The predicted octanol–water partition coefficient (Wildman–Crippen LogP) is 1.85. The molecule has 116 valence electrons. The van der Waals surface area contributed by atoms with Gasteiger partial charge in [-0.25, -0.2) is 0 Å². The van der Waals surface area contributed by atoms with E-state index in [2.05, 4.69) is 0 Å². The lowest BCUT2D eigenvalue weighted by atomic mass is 10.1. The SMILES string of the molecule is CN(C(=O)c1ccc(NN)c(C(F)(F)F)c1)C1CCOC1. The molecule has 1 aliphatic heterocycles. The summed E-state index contributed by atoms with van der Waals surface area (Å²) in [6.45, 7) is 0.947. The number of nitrogens with one attached hydrogen (secondary N) is 1. The number of ether oxygens (including phenoxy) is 1. The number of nitrogens with zero attached hydrogens (tertiary/aromatic N) is 1. The Balaban J connectivity index is 2.29. The van der Waals surface area contributed by atoms with E-state index in [4.69, 9.17) is 10.6 Å².